The van der Waals surface area contributed by atoms with Crippen LogP contribution in [-0.2, 0) is 16.0 Å². The molecule has 1 unspecified atom stereocenters. The molecule has 1 amide bonds. The molecule has 3 aromatic rings. The first-order chi connectivity index (χ1) is 15.8. The van der Waals surface area contributed by atoms with E-state index in [1.165, 1.54) is 12.0 Å². The van der Waals surface area contributed by atoms with Gasteiger partial charge < -0.3 is 14.3 Å². The lowest BCUT2D eigenvalue weighted by Gasteiger charge is -2.24. The summed E-state index contributed by atoms with van der Waals surface area (Å²) in [4.78, 5) is 27.8. The number of aliphatic hydroxyl groups excluding tert-OH is 1. The molecule has 0 saturated carbocycles. The van der Waals surface area contributed by atoms with Crippen molar-refractivity contribution >= 4 is 34.7 Å². The summed E-state index contributed by atoms with van der Waals surface area (Å²) >= 11 is 6.32. The van der Waals surface area contributed by atoms with E-state index < -0.39 is 17.7 Å². The summed E-state index contributed by atoms with van der Waals surface area (Å²) in [5, 5.41) is 11.6. The molecule has 33 heavy (non-hydrogen) atoms. The van der Waals surface area contributed by atoms with Gasteiger partial charge in [0.25, 0.3) is 11.7 Å². The highest BCUT2D eigenvalue weighted by atomic mass is 35.5. The monoisotopic (exact) mass is 465 g/mol. The Hall–Kier alpha value is -3.51. The van der Waals surface area contributed by atoms with Crippen LogP contribution in [0.25, 0.3) is 5.76 Å². The van der Waals surface area contributed by atoms with Gasteiger partial charge in [0.2, 0.25) is 0 Å². The Kier molecular flexibility index (Phi) is 6.04. The van der Waals surface area contributed by atoms with Gasteiger partial charge in [-0.25, -0.2) is 0 Å². The predicted molar refractivity (Wildman–Crippen MR) is 127 cm³/mol. The molecule has 2 heterocycles. The highest BCUT2D eigenvalue weighted by Gasteiger charge is 2.48. The Balaban J connectivity index is 1.97. The average molecular weight is 466 g/mol. The molecule has 1 saturated heterocycles. The largest absolute Gasteiger partial charge is 0.507 e. The van der Waals surface area contributed by atoms with E-state index in [-0.39, 0.29) is 27.7 Å². The number of Topliss-reactive ketones (excluding diaryl/α,β-unsaturated/α-hetero) is 1. The smallest absolute Gasteiger partial charge is 0.300 e. The molecule has 0 radical (unpaired) electrons. The van der Waals surface area contributed by atoms with Crippen LogP contribution in [0.15, 0.2) is 58.5 Å². The SMILES string of the molecule is CCc1ccc(N2C(=O)C(=O)/C(=C(/O)c3cc(C)cc(Cl)c3OC)C2c2ccc(C)o2)cc1. The number of carbonyl (C=O) groups is 2. The summed E-state index contributed by atoms with van der Waals surface area (Å²) in [5.41, 5.74) is 2.53. The molecule has 0 aliphatic carbocycles. The van der Waals surface area contributed by atoms with Crippen LogP contribution in [-0.4, -0.2) is 23.9 Å². The normalized spacial score (nSPS) is 17.6. The van der Waals surface area contributed by atoms with E-state index in [0.29, 0.717) is 17.2 Å². The van der Waals surface area contributed by atoms with Crippen molar-refractivity contribution < 1.29 is 23.8 Å². The molecule has 1 aliphatic rings. The van der Waals surface area contributed by atoms with E-state index in [4.69, 9.17) is 20.8 Å². The maximum Gasteiger partial charge on any atom is 0.300 e. The first kappa shape index (κ1) is 22.7. The Bertz CT molecular complexity index is 1270. The molecule has 1 N–H and O–H groups in total. The van der Waals surface area contributed by atoms with Gasteiger partial charge in [-0.3, -0.25) is 14.5 Å². The fourth-order valence-corrected chi connectivity index (χ4v) is 4.47. The fraction of sp³-hybridized carbons (Fsp3) is 0.231. The van der Waals surface area contributed by atoms with E-state index in [1.807, 2.05) is 26.0 Å². The van der Waals surface area contributed by atoms with Crippen molar-refractivity contribution in [1.29, 1.82) is 0 Å². The molecule has 1 aliphatic heterocycles. The van der Waals surface area contributed by atoms with Gasteiger partial charge in [0.1, 0.15) is 29.1 Å². The summed E-state index contributed by atoms with van der Waals surface area (Å²) in [6.07, 6.45) is 0.841. The highest BCUT2D eigenvalue weighted by Crippen LogP contribution is 2.44. The maximum atomic E-state index is 13.3. The minimum Gasteiger partial charge on any atom is -0.507 e. The zero-order valence-electron chi connectivity index (χ0n) is 18.8. The van der Waals surface area contributed by atoms with Crippen LogP contribution in [0.3, 0.4) is 0 Å². The number of anilines is 1. The molecule has 2 aromatic carbocycles. The van der Waals surface area contributed by atoms with Crippen LogP contribution in [0, 0.1) is 13.8 Å². The number of halogens is 1. The number of furan rings is 1. The second-order valence-electron chi connectivity index (χ2n) is 7.97. The van der Waals surface area contributed by atoms with E-state index >= 15 is 0 Å². The molecule has 7 heteroatoms. The van der Waals surface area contributed by atoms with Crippen LogP contribution in [0.4, 0.5) is 5.69 Å². The maximum absolute atomic E-state index is 13.3. The van der Waals surface area contributed by atoms with Gasteiger partial charge in [-0.15, -0.1) is 0 Å². The lowest BCUT2D eigenvalue weighted by Crippen LogP contribution is -2.29. The van der Waals surface area contributed by atoms with Crippen LogP contribution in [0.5, 0.6) is 5.75 Å². The number of methoxy groups -OCH3 is 1. The number of amides is 1. The van der Waals surface area contributed by atoms with Crippen molar-refractivity contribution in [2.24, 2.45) is 0 Å². The Morgan fingerprint density at radius 1 is 1.12 bits per heavy atom. The third-order valence-corrected chi connectivity index (χ3v) is 6.03. The standard InChI is InChI=1S/C26H24ClNO5/c1-5-16-7-9-17(10-8-16)28-22(20-11-6-15(3)33-20)21(24(30)26(28)31)23(29)18-12-14(2)13-19(27)25(18)32-4/h6-13,22,29H,5H2,1-4H3/b23-21+. The van der Waals surface area contributed by atoms with E-state index in [2.05, 4.69) is 0 Å². The Morgan fingerprint density at radius 2 is 1.82 bits per heavy atom. The lowest BCUT2D eigenvalue weighted by molar-refractivity contribution is -0.132. The molecule has 170 valence electrons. The summed E-state index contributed by atoms with van der Waals surface area (Å²) < 4.78 is 11.2. The molecular formula is C26H24ClNO5. The number of ketones is 1. The predicted octanol–water partition coefficient (Wildman–Crippen LogP) is 5.75. The van der Waals surface area contributed by atoms with Crippen LogP contribution in [0.1, 0.15) is 41.2 Å². The number of ether oxygens (including phenoxy) is 1. The third kappa shape index (κ3) is 3.91. The third-order valence-electron chi connectivity index (χ3n) is 5.75. The Morgan fingerprint density at radius 3 is 2.39 bits per heavy atom. The van der Waals surface area contributed by atoms with Crippen LogP contribution < -0.4 is 9.64 Å². The molecular weight excluding hydrogens is 442 g/mol. The molecule has 4 rings (SSSR count). The van der Waals surface area contributed by atoms with E-state index in [0.717, 1.165) is 17.5 Å². The number of aliphatic hydroxyl groups is 1. The first-order valence-electron chi connectivity index (χ1n) is 10.6. The summed E-state index contributed by atoms with van der Waals surface area (Å²) in [6, 6.07) is 13.2. The van der Waals surface area contributed by atoms with Gasteiger partial charge in [0, 0.05) is 5.69 Å². The molecule has 0 bridgehead atoms. The number of aryl methyl sites for hydroxylation is 3. The van der Waals surface area contributed by atoms with Crippen molar-refractivity contribution in [2.45, 2.75) is 33.2 Å². The van der Waals surface area contributed by atoms with Gasteiger partial charge in [-0.2, -0.15) is 0 Å². The van der Waals surface area contributed by atoms with Crippen molar-refractivity contribution in [3.05, 3.63) is 87.3 Å². The molecule has 1 atom stereocenters. The average Bonchev–Trinajstić information content (AvgIpc) is 3.33. The van der Waals surface area contributed by atoms with Gasteiger partial charge >= 0.3 is 0 Å². The number of hydrogen-bond acceptors (Lipinski definition) is 5. The first-order valence-corrected chi connectivity index (χ1v) is 10.9. The summed E-state index contributed by atoms with van der Waals surface area (Å²) in [6.45, 7) is 5.62. The Labute approximate surface area is 197 Å². The van der Waals surface area contributed by atoms with Gasteiger partial charge in [0.05, 0.1) is 23.3 Å². The quantitative estimate of drug-likeness (QED) is 0.295. The molecule has 0 spiro atoms. The number of hydrogen-bond donors (Lipinski definition) is 1. The number of rotatable bonds is 5. The second kappa shape index (κ2) is 8.79. The number of benzene rings is 2. The van der Waals surface area contributed by atoms with E-state index in [1.54, 1.807) is 43.3 Å². The zero-order chi connectivity index (χ0) is 23.9. The minimum atomic E-state index is -0.949. The summed E-state index contributed by atoms with van der Waals surface area (Å²) in [5.74, 6) is -0.739. The van der Waals surface area contributed by atoms with E-state index in [9.17, 15) is 14.7 Å². The lowest BCUT2D eigenvalue weighted by atomic mass is 9.97. The van der Waals surface area contributed by atoms with Crippen molar-refractivity contribution in [3.63, 3.8) is 0 Å². The molecule has 1 fully saturated rings. The number of carbonyl (C=O) groups excluding carboxylic acids is 2. The molecule has 1 aromatic heterocycles. The number of nitrogens with zero attached hydrogens (tertiary/aromatic N) is 1. The van der Waals surface area contributed by atoms with Crippen LogP contribution in [0.2, 0.25) is 5.02 Å². The van der Waals surface area contributed by atoms with Crippen molar-refractivity contribution in [3.8, 4) is 5.75 Å². The summed E-state index contributed by atoms with van der Waals surface area (Å²) in [7, 11) is 1.43. The van der Waals surface area contributed by atoms with Crippen molar-refractivity contribution in [1.82, 2.24) is 0 Å². The second-order valence-corrected chi connectivity index (χ2v) is 8.37. The minimum absolute atomic E-state index is 0.0890. The van der Waals surface area contributed by atoms with Gasteiger partial charge in [0.15, 0.2) is 0 Å². The highest BCUT2D eigenvalue weighted by molar-refractivity contribution is 6.51. The van der Waals surface area contributed by atoms with Gasteiger partial charge in [-0.05, 0) is 67.8 Å². The molecule has 6 nitrogen and oxygen atoms in total. The van der Waals surface area contributed by atoms with Crippen molar-refractivity contribution in [2.75, 3.05) is 12.0 Å². The fourth-order valence-electron chi connectivity index (χ4n) is 4.12. The van der Waals surface area contributed by atoms with Crippen LogP contribution >= 0.6 is 11.6 Å². The van der Waals surface area contributed by atoms with Gasteiger partial charge in [-0.1, -0.05) is 30.7 Å². The topological polar surface area (TPSA) is 80.0 Å². The zero-order valence-corrected chi connectivity index (χ0v) is 19.6.